The number of esters is 1. The molecule has 0 fully saturated rings. The van der Waals surface area contributed by atoms with E-state index in [2.05, 4.69) is 4.74 Å². The maximum absolute atomic E-state index is 11.2. The summed E-state index contributed by atoms with van der Waals surface area (Å²) in [4.78, 5) is 12.3. The molecule has 1 aromatic carbocycles. The van der Waals surface area contributed by atoms with Crippen molar-refractivity contribution in [2.45, 2.75) is 23.1 Å². The van der Waals surface area contributed by atoms with E-state index in [9.17, 15) is 4.79 Å². The summed E-state index contributed by atoms with van der Waals surface area (Å²) < 4.78 is 4.59. The van der Waals surface area contributed by atoms with E-state index in [1.807, 2.05) is 37.3 Å². The van der Waals surface area contributed by atoms with Crippen molar-refractivity contribution < 1.29 is 9.53 Å². The lowest BCUT2D eigenvalue weighted by molar-refractivity contribution is -0.142. The molecule has 2 N–H and O–H groups in total. The van der Waals surface area contributed by atoms with E-state index < -0.39 is 6.04 Å². The summed E-state index contributed by atoms with van der Waals surface area (Å²) in [5.74, 6) is -0.370. The Morgan fingerprint density at radius 1 is 1.40 bits per heavy atom. The molecule has 0 spiro atoms. The lowest BCUT2D eigenvalue weighted by Gasteiger charge is -2.16. The Morgan fingerprint density at radius 2 is 2.00 bits per heavy atom. The van der Waals surface area contributed by atoms with Crippen molar-refractivity contribution in [2.24, 2.45) is 5.73 Å². The molecule has 15 heavy (non-hydrogen) atoms. The largest absolute Gasteiger partial charge is 0.468 e. The highest BCUT2D eigenvalue weighted by atomic mass is 32.2. The average molecular weight is 225 g/mol. The third-order valence-electron chi connectivity index (χ3n) is 2.04. The first kappa shape index (κ1) is 12.1. The molecule has 0 amide bonds. The van der Waals surface area contributed by atoms with Gasteiger partial charge in [-0.2, -0.15) is 0 Å². The number of nitrogens with two attached hydrogens (primary N) is 1. The van der Waals surface area contributed by atoms with Gasteiger partial charge in [0.05, 0.1) is 7.11 Å². The van der Waals surface area contributed by atoms with Gasteiger partial charge >= 0.3 is 5.97 Å². The molecule has 0 saturated carbocycles. The molecular weight excluding hydrogens is 210 g/mol. The molecule has 82 valence electrons. The van der Waals surface area contributed by atoms with E-state index in [-0.39, 0.29) is 11.2 Å². The number of hydrogen-bond donors (Lipinski definition) is 1. The highest BCUT2D eigenvalue weighted by Gasteiger charge is 2.22. The third-order valence-corrected chi connectivity index (χ3v) is 3.25. The topological polar surface area (TPSA) is 52.3 Å². The second-order valence-corrected chi connectivity index (χ2v) is 4.64. The van der Waals surface area contributed by atoms with Gasteiger partial charge in [0.1, 0.15) is 6.04 Å². The Balaban J connectivity index is 2.56. The molecule has 0 aliphatic heterocycles. The van der Waals surface area contributed by atoms with Crippen LogP contribution in [0.3, 0.4) is 0 Å². The first-order valence-electron chi connectivity index (χ1n) is 4.70. The summed E-state index contributed by atoms with van der Waals surface area (Å²) in [7, 11) is 1.35. The molecule has 0 heterocycles. The smallest absolute Gasteiger partial charge is 0.323 e. The summed E-state index contributed by atoms with van der Waals surface area (Å²) in [5.41, 5.74) is 5.72. The zero-order valence-electron chi connectivity index (χ0n) is 8.84. The number of ether oxygens (including phenoxy) is 1. The van der Waals surface area contributed by atoms with Crippen LogP contribution in [-0.4, -0.2) is 24.4 Å². The second-order valence-electron chi connectivity index (χ2n) is 3.18. The molecule has 0 aliphatic carbocycles. The standard InChI is InChI=1S/C11H15NO2S/c1-8(10(12)11(13)14-2)15-9-6-4-3-5-7-9/h3-8,10H,12H2,1-2H3/t8-,10+/m1/s1. The second kappa shape index (κ2) is 5.78. The molecule has 1 aromatic rings. The predicted molar refractivity (Wildman–Crippen MR) is 61.8 cm³/mol. The fourth-order valence-electron chi connectivity index (χ4n) is 1.11. The van der Waals surface area contributed by atoms with E-state index in [4.69, 9.17) is 5.73 Å². The van der Waals surface area contributed by atoms with E-state index in [0.717, 1.165) is 4.90 Å². The Labute approximate surface area is 94.0 Å². The van der Waals surface area contributed by atoms with Gasteiger partial charge in [0.2, 0.25) is 0 Å². The Hall–Kier alpha value is -1.00. The molecule has 0 radical (unpaired) electrons. The van der Waals surface area contributed by atoms with Crippen LogP contribution in [-0.2, 0) is 9.53 Å². The zero-order chi connectivity index (χ0) is 11.3. The van der Waals surface area contributed by atoms with E-state index >= 15 is 0 Å². The summed E-state index contributed by atoms with van der Waals surface area (Å²) >= 11 is 1.57. The van der Waals surface area contributed by atoms with Crippen molar-refractivity contribution in [3.05, 3.63) is 30.3 Å². The normalized spacial score (nSPS) is 14.3. The predicted octanol–water partition coefficient (Wildman–Crippen LogP) is 1.67. The van der Waals surface area contributed by atoms with E-state index in [1.54, 1.807) is 11.8 Å². The molecule has 0 aliphatic rings. The van der Waals surface area contributed by atoms with Crippen LogP contribution in [0.5, 0.6) is 0 Å². The van der Waals surface area contributed by atoms with Crippen LogP contribution < -0.4 is 5.73 Å². The van der Waals surface area contributed by atoms with Crippen LogP contribution in [0, 0.1) is 0 Å². The molecule has 0 unspecified atom stereocenters. The Kier molecular flexibility index (Phi) is 4.65. The van der Waals surface area contributed by atoms with Crippen molar-refractivity contribution in [3.8, 4) is 0 Å². The van der Waals surface area contributed by atoms with Gasteiger partial charge in [0, 0.05) is 10.1 Å². The number of hydrogen-bond acceptors (Lipinski definition) is 4. The quantitative estimate of drug-likeness (QED) is 0.625. The molecule has 4 heteroatoms. The van der Waals surface area contributed by atoms with E-state index in [0.29, 0.717) is 0 Å². The van der Waals surface area contributed by atoms with Crippen molar-refractivity contribution in [2.75, 3.05) is 7.11 Å². The van der Waals surface area contributed by atoms with Crippen LogP contribution in [0.15, 0.2) is 35.2 Å². The molecule has 0 bridgehead atoms. The minimum absolute atomic E-state index is 0.000139. The number of thioether (sulfide) groups is 1. The molecule has 2 atom stereocenters. The maximum Gasteiger partial charge on any atom is 0.323 e. The van der Waals surface area contributed by atoms with Crippen LogP contribution in [0.4, 0.5) is 0 Å². The summed E-state index contributed by atoms with van der Waals surface area (Å²) in [6, 6.07) is 9.27. The highest BCUT2D eigenvalue weighted by Crippen LogP contribution is 2.24. The summed E-state index contributed by atoms with van der Waals surface area (Å²) in [5, 5.41) is -0.000139. The van der Waals surface area contributed by atoms with Crippen molar-refractivity contribution in [1.82, 2.24) is 0 Å². The van der Waals surface area contributed by atoms with Gasteiger partial charge in [-0.3, -0.25) is 4.79 Å². The minimum atomic E-state index is -0.583. The first-order chi connectivity index (χ1) is 7.15. The number of carbonyl (C=O) groups is 1. The average Bonchev–Trinajstić information content (AvgIpc) is 2.28. The zero-order valence-corrected chi connectivity index (χ0v) is 9.66. The van der Waals surface area contributed by atoms with Crippen LogP contribution >= 0.6 is 11.8 Å². The fourth-order valence-corrected chi connectivity index (χ4v) is 2.12. The molecule has 3 nitrogen and oxygen atoms in total. The van der Waals surface area contributed by atoms with Crippen LogP contribution in [0.2, 0.25) is 0 Å². The summed E-state index contributed by atoms with van der Waals surface area (Å²) in [6.45, 7) is 1.92. The molecule has 1 rings (SSSR count). The number of benzene rings is 1. The van der Waals surface area contributed by atoms with Gasteiger partial charge < -0.3 is 10.5 Å². The number of rotatable bonds is 4. The Bertz CT molecular complexity index is 316. The first-order valence-corrected chi connectivity index (χ1v) is 5.58. The minimum Gasteiger partial charge on any atom is -0.468 e. The SMILES string of the molecule is COC(=O)[C@@H](N)[C@@H](C)Sc1ccccc1. The maximum atomic E-state index is 11.2. The molecule has 0 aromatic heterocycles. The van der Waals surface area contributed by atoms with Crippen molar-refractivity contribution >= 4 is 17.7 Å². The van der Waals surface area contributed by atoms with E-state index in [1.165, 1.54) is 7.11 Å². The van der Waals surface area contributed by atoms with Crippen LogP contribution in [0.1, 0.15) is 6.92 Å². The number of methoxy groups -OCH3 is 1. The molecule has 0 saturated heterocycles. The lowest BCUT2D eigenvalue weighted by atomic mass is 10.2. The van der Waals surface area contributed by atoms with Gasteiger partial charge in [-0.1, -0.05) is 25.1 Å². The fraction of sp³-hybridized carbons (Fsp3) is 0.364. The van der Waals surface area contributed by atoms with Gasteiger partial charge in [-0.15, -0.1) is 11.8 Å². The lowest BCUT2D eigenvalue weighted by Crippen LogP contribution is -2.39. The van der Waals surface area contributed by atoms with Crippen molar-refractivity contribution in [1.29, 1.82) is 0 Å². The van der Waals surface area contributed by atoms with Gasteiger partial charge in [0.25, 0.3) is 0 Å². The monoisotopic (exact) mass is 225 g/mol. The Morgan fingerprint density at radius 3 is 2.53 bits per heavy atom. The highest BCUT2D eigenvalue weighted by molar-refractivity contribution is 8.00. The van der Waals surface area contributed by atoms with Gasteiger partial charge in [-0.25, -0.2) is 0 Å². The summed E-state index contributed by atoms with van der Waals surface area (Å²) in [6.07, 6.45) is 0. The third kappa shape index (κ3) is 3.57. The van der Waals surface area contributed by atoms with Crippen molar-refractivity contribution in [3.63, 3.8) is 0 Å². The van der Waals surface area contributed by atoms with Crippen LogP contribution in [0.25, 0.3) is 0 Å². The number of carbonyl (C=O) groups excluding carboxylic acids is 1. The van der Waals surface area contributed by atoms with Gasteiger partial charge in [-0.05, 0) is 12.1 Å². The van der Waals surface area contributed by atoms with Gasteiger partial charge in [0.15, 0.2) is 0 Å². The molecular formula is C11H15NO2S.